The van der Waals surface area contributed by atoms with Crippen LogP contribution in [0.4, 0.5) is 11.4 Å². The Hall–Kier alpha value is -1.09. The van der Waals surface area contributed by atoms with Crippen molar-refractivity contribution in [2.75, 3.05) is 6.26 Å². The van der Waals surface area contributed by atoms with E-state index in [1.54, 1.807) is 11.8 Å². The lowest BCUT2D eigenvalue weighted by molar-refractivity contribution is 0.740. The predicted octanol–water partition coefficient (Wildman–Crippen LogP) is 5.14. The minimum absolute atomic E-state index is 0.916. The smallest absolute Gasteiger partial charge is 0.0895 e. The Morgan fingerprint density at radius 1 is 1.11 bits per heavy atom. The molecule has 0 saturated heterocycles. The number of unbranched alkanes of at least 4 members (excludes halogenated alkanes) is 2. The lowest BCUT2D eigenvalue weighted by Crippen LogP contribution is -2.03. The van der Waals surface area contributed by atoms with E-state index in [4.69, 9.17) is 9.98 Å². The molecule has 1 aromatic rings. The largest absolute Gasteiger partial charge is 0.255 e. The summed E-state index contributed by atoms with van der Waals surface area (Å²) in [5.41, 5.74) is 3.31. The molecular weight excluding hydrogens is 240 g/mol. The molecule has 0 aromatic heterocycles. The lowest BCUT2D eigenvalue weighted by Gasteiger charge is -2.04. The average Bonchev–Trinajstić information content (AvgIpc) is 2.57. The van der Waals surface area contributed by atoms with E-state index in [0.717, 1.165) is 24.2 Å². The zero-order valence-electron chi connectivity index (χ0n) is 11.1. The highest BCUT2D eigenvalue weighted by Crippen LogP contribution is 2.32. The van der Waals surface area contributed by atoms with Crippen LogP contribution in [0.25, 0.3) is 0 Å². The van der Waals surface area contributed by atoms with Crippen molar-refractivity contribution in [1.82, 2.24) is 0 Å². The summed E-state index contributed by atoms with van der Waals surface area (Å²) < 4.78 is 0. The van der Waals surface area contributed by atoms with Crippen LogP contribution in [0.1, 0.15) is 39.0 Å². The third kappa shape index (κ3) is 3.45. The van der Waals surface area contributed by atoms with Crippen LogP contribution in [0.5, 0.6) is 0 Å². The van der Waals surface area contributed by atoms with Gasteiger partial charge in [0.05, 0.1) is 16.4 Å². The molecule has 18 heavy (non-hydrogen) atoms. The number of rotatable bonds is 4. The van der Waals surface area contributed by atoms with Crippen molar-refractivity contribution in [3.8, 4) is 0 Å². The van der Waals surface area contributed by atoms with E-state index in [1.165, 1.54) is 30.0 Å². The van der Waals surface area contributed by atoms with Gasteiger partial charge in [0, 0.05) is 12.1 Å². The molecule has 2 rings (SSSR count). The average molecular weight is 260 g/mol. The summed E-state index contributed by atoms with van der Waals surface area (Å²) in [7, 11) is 0. The Labute approximate surface area is 114 Å². The number of para-hydroxylation sites is 2. The number of benzene rings is 1. The normalized spacial score (nSPS) is 14.6. The van der Waals surface area contributed by atoms with E-state index in [2.05, 4.69) is 19.2 Å². The second-order valence-electron chi connectivity index (χ2n) is 4.51. The second-order valence-corrected chi connectivity index (χ2v) is 5.39. The summed E-state index contributed by atoms with van der Waals surface area (Å²) in [5, 5.41) is 1.18. The molecule has 2 nitrogen and oxygen atoms in total. The number of hydrogen-bond donors (Lipinski definition) is 0. The van der Waals surface area contributed by atoms with Gasteiger partial charge in [0.2, 0.25) is 0 Å². The standard InChI is InChI=1S/C15H20N2S/c1-3-4-5-8-12-11-15(18-2)17-14-10-7-6-9-13(14)16-12/h6-7,9-10H,3-5,8,11H2,1-2H3. The van der Waals surface area contributed by atoms with Gasteiger partial charge in [-0.1, -0.05) is 31.9 Å². The second kappa shape index (κ2) is 6.74. The summed E-state index contributed by atoms with van der Waals surface area (Å²) in [6.07, 6.45) is 7.89. The van der Waals surface area contributed by atoms with Gasteiger partial charge in [0.25, 0.3) is 0 Å². The summed E-state index contributed by atoms with van der Waals surface area (Å²) in [6, 6.07) is 8.16. The molecule has 0 atom stereocenters. The first-order valence-electron chi connectivity index (χ1n) is 6.60. The highest BCUT2D eigenvalue weighted by atomic mass is 32.2. The van der Waals surface area contributed by atoms with Crippen molar-refractivity contribution in [2.45, 2.75) is 39.0 Å². The molecule has 0 unspecified atom stereocenters. The summed E-state index contributed by atoms with van der Waals surface area (Å²) in [4.78, 5) is 9.50. The van der Waals surface area contributed by atoms with Crippen LogP contribution < -0.4 is 0 Å². The predicted molar refractivity (Wildman–Crippen MR) is 82.9 cm³/mol. The molecule has 3 heteroatoms. The topological polar surface area (TPSA) is 24.7 Å². The van der Waals surface area contributed by atoms with E-state index in [1.807, 2.05) is 18.2 Å². The van der Waals surface area contributed by atoms with Gasteiger partial charge >= 0.3 is 0 Å². The molecule has 1 aliphatic rings. The summed E-state index contributed by atoms with van der Waals surface area (Å²) >= 11 is 1.73. The Balaban J connectivity index is 2.22. The third-order valence-electron chi connectivity index (χ3n) is 3.07. The van der Waals surface area contributed by atoms with Crippen molar-refractivity contribution in [3.05, 3.63) is 24.3 Å². The highest BCUT2D eigenvalue weighted by Gasteiger charge is 2.12. The number of thioether (sulfide) groups is 1. The van der Waals surface area contributed by atoms with Crippen LogP contribution >= 0.6 is 11.8 Å². The van der Waals surface area contributed by atoms with Crippen LogP contribution in [0.15, 0.2) is 34.3 Å². The van der Waals surface area contributed by atoms with Crippen molar-refractivity contribution in [1.29, 1.82) is 0 Å². The Morgan fingerprint density at radius 3 is 2.50 bits per heavy atom. The number of fused-ring (bicyclic) bond motifs is 1. The first-order chi connectivity index (χ1) is 8.83. The Kier molecular flexibility index (Phi) is 5.00. The molecule has 0 fully saturated rings. The van der Waals surface area contributed by atoms with E-state index in [9.17, 15) is 0 Å². The van der Waals surface area contributed by atoms with Gasteiger partial charge in [-0.25, -0.2) is 4.99 Å². The van der Waals surface area contributed by atoms with Gasteiger partial charge < -0.3 is 0 Å². The van der Waals surface area contributed by atoms with Crippen molar-refractivity contribution < 1.29 is 0 Å². The van der Waals surface area contributed by atoms with E-state index in [-0.39, 0.29) is 0 Å². The van der Waals surface area contributed by atoms with Crippen molar-refractivity contribution in [3.63, 3.8) is 0 Å². The SMILES string of the molecule is CCCCCC1=Nc2ccccc2N=C(SC)C1. The van der Waals surface area contributed by atoms with Crippen LogP contribution in [0, 0.1) is 0 Å². The molecule has 0 radical (unpaired) electrons. The summed E-state index contributed by atoms with van der Waals surface area (Å²) in [6.45, 7) is 2.24. The van der Waals surface area contributed by atoms with Gasteiger partial charge in [0.15, 0.2) is 0 Å². The number of hydrogen-bond acceptors (Lipinski definition) is 3. The Morgan fingerprint density at radius 2 is 1.83 bits per heavy atom. The molecule has 0 amide bonds. The molecule has 0 aliphatic carbocycles. The maximum atomic E-state index is 4.80. The first-order valence-corrected chi connectivity index (χ1v) is 7.83. The van der Waals surface area contributed by atoms with Crippen LogP contribution in [0.2, 0.25) is 0 Å². The molecule has 96 valence electrons. The maximum Gasteiger partial charge on any atom is 0.0895 e. The molecule has 0 saturated carbocycles. The van der Waals surface area contributed by atoms with Gasteiger partial charge in [-0.3, -0.25) is 4.99 Å². The lowest BCUT2D eigenvalue weighted by atomic mass is 10.1. The molecule has 1 aromatic carbocycles. The fourth-order valence-electron chi connectivity index (χ4n) is 2.05. The van der Waals surface area contributed by atoms with E-state index < -0.39 is 0 Å². The quantitative estimate of drug-likeness (QED) is 0.688. The Bertz CT molecular complexity index is 463. The minimum Gasteiger partial charge on any atom is -0.255 e. The van der Waals surface area contributed by atoms with Gasteiger partial charge in [-0.15, -0.1) is 11.8 Å². The zero-order chi connectivity index (χ0) is 12.8. The van der Waals surface area contributed by atoms with E-state index >= 15 is 0 Å². The molecule has 1 aliphatic heterocycles. The number of nitrogens with zero attached hydrogens (tertiary/aromatic N) is 2. The van der Waals surface area contributed by atoms with Crippen LogP contribution in [0.3, 0.4) is 0 Å². The fourth-order valence-corrected chi connectivity index (χ4v) is 2.55. The highest BCUT2D eigenvalue weighted by molar-refractivity contribution is 8.13. The molecule has 0 bridgehead atoms. The van der Waals surface area contributed by atoms with Crippen molar-refractivity contribution in [2.24, 2.45) is 9.98 Å². The minimum atomic E-state index is 0.916. The molecule has 0 spiro atoms. The maximum absolute atomic E-state index is 4.80. The van der Waals surface area contributed by atoms with Crippen LogP contribution in [-0.2, 0) is 0 Å². The van der Waals surface area contributed by atoms with Gasteiger partial charge in [0.1, 0.15) is 0 Å². The number of aliphatic imine (C=N–C) groups is 2. The molecule has 1 heterocycles. The monoisotopic (exact) mass is 260 g/mol. The van der Waals surface area contributed by atoms with Crippen molar-refractivity contribution >= 4 is 33.9 Å². The van der Waals surface area contributed by atoms with E-state index in [0.29, 0.717) is 0 Å². The van der Waals surface area contributed by atoms with Gasteiger partial charge in [-0.05, 0) is 31.2 Å². The zero-order valence-corrected chi connectivity index (χ0v) is 12.0. The van der Waals surface area contributed by atoms with Crippen LogP contribution in [-0.4, -0.2) is 17.0 Å². The fraction of sp³-hybridized carbons (Fsp3) is 0.467. The van der Waals surface area contributed by atoms with Gasteiger partial charge in [-0.2, -0.15) is 0 Å². The summed E-state index contributed by atoms with van der Waals surface area (Å²) in [5.74, 6) is 0. The molecular formula is C15H20N2S. The molecule has 0 N–H and O–H groups in total. The third-order valence-corrected chi connectivity index (χ3v) is 3.77. The first kappa shape index (κ1) is 13.3.